The fraction of sp³-hybridized carbons (Fsp3) is 0.133. The van der Waals surface area contributed by atoms with E-state index in [2.05, 4.69) is 30.8 Å². The van der Waals surface area contributed by atoms with Gasteiger partial charge in [-0.2, -0.15) is 4.52 Å². The Morgan fingerprint density at radius 3 is 2.65 bits per heavy atom. The Kier molecular flexibility index (Phi) is 3.19. The number of aromatic nitrogens is 6. The lowest BCUT2D eigenvalue weighted by Crippen LogP contribution is -2.05. The van der Waals surface area contributed by atoms with Gasteiger partial charge in [-0.05, 0) is 12.1 Å². The molecule has 0 aliphatic heterocycles. The third-order valence-electron chi connectivity index (χ3n) is 3.28. The van der Waals surface area contributed by atoms with Gasteiger partial charge >= 0.3 is 0 Å². The fourth-order valence-corrected chi connectivity index (χ4v) is 2.23. The molecule has 0 saturated carbocycles. The molecule has 8 nitrogen and oxygen atoms in total. The van der Waals surface area contributed by atoms with Crippen molar-refractivity contribution in [3.05, 3.63) is 54.2 Å². The number of hydrogen-bond acceptors (Lipinski definition) is 7. The predicted octanol–water partition coefficient (Wildman–Crippen LogP) is 2.09. The smallest absolute Gasteiger partial charge is 0.235 e. The van der Waals surface area contributed by atoms with Gasteiger partial charge in [-0.25, -0.2) is 0 Å². The highest BCUT2D eigenvalue weighted by atomic mass is 16.4. The van der Waals surface area contributed by atoms with Crippen molar-refractivity contribution in [3.63, 3.8) is 0 Å². The molecular weight excluding hydrogens is 294 g/mol. The molecule has 0 atom stereocenters. The van der Waals surface area contributed by atoms with Crippen LogP contribution in [-0.4, -0.2) is 30.0 Å². The summed E-state index contributed by atoms with van der Waals surface area (Å²) in [6, 6.07) is 13.5. The molecule has 0 unspecified atom stereocenters. The first kappa shape index (κ1) is 13.4. The van der Waals surface area contributed by atoms with Crippen LogP contribution in [0.5, 0.6) is 0 Å². The van der Waals surface area contributed by atoms with Crippen LogP contribution >= 0.6 is 0 Å². The maximum absolute atomic E-state index is 5.33. The minimum absolute atomic E-state index is 0.405. The Morgan fingerprint density at radius 2 is 1.87 bits per heavy atom. The molecule has 0 fully saturated rings. The Bertz CT molecular complexity index is 945. The van der Waals surface area contributed by atoms with E-state index in [1.807, 2.05) is 42.5 Å². The summed E-state index contributed by atoms with van der Waals surface area (Å²) in [6.45, 7) is 2.16. The molecule has 0 aliphatic rings. The SMILES string of the molecule is Cc1nnc(CNc2ccc3nnc(-c4ccccc4)n3n2)o1. The zero-order chi connectivity index (χ0) is 15.6. The van der Waals surface area contributed by atoms with Crippen molar-refractivity contribution in [1.82, 2.24) is 30.0 Å². The summed E-state index contributed by atoms with van der Waals surface area (Å²) in [5.41, 5.74) is 1.64. The van der Waals surface area contributed by atoms with E-state index in [0.29, 0.717) is 35.6 Å². The third kappa shape index (κ3) is 2.61. The van der Waals surface area contributed by atoms with E-state index >= 15 is 0 Å². The minimum atomic E-state index is 0.405. The summed E-state index contributed by atoms with van der Waals surface area (Å²) in [7, 11) is 0. The number of anilines is 1. The highest BCUT2D eigenvalue weighted by Gasteiger charge is 2.10. The largest absolute Gasteiger partial charge is 0.424 e. The number of hydrogen-bond donors (Lipinski definition) is 1. The average molecular weight is 307 g/mol. The van der Waals surface area contributed by atoms with Gasteiger partial charge < -0.3 is 9.73 Å². The number of rotatable bonds is 4. The van der Waals surface area contributed by atoms with Gasteiger partial charge in [0, 0.05) is 12.5 Å². The Hall–Kier alpha value is -3.29. The summed E-state index contributed by atoms with van der Waals surface area (Å²) in [6.07, 6.45) is 0. The maximum Gasteiger partial charge on any atom is 0.235 e. The molecular formula is C15H13N7O. The molecule has 1 aromatic carbocycles. The van der Waals surface area contributed by atoms with Crippen LogP contribution in [0, 0.1) is 6.92 Å². The van der Waals surface area contributed by atoms with Crippen molar-refractivity contribution in [2.45, 2.75) is 13.5 Å². The van der Waals surface area contributed by atoms with E-state index in [1.54, 1.807) is 11.4 Å². The lowest BCUT2D eigenvalue weighted by Gasteiger charge is -2.04. The summed E-state index contributed by atoms with van der Waals surface area (Å²) in [4.78, 5) is 0. The van der Waals surface area contributed by atoms with E-state index in [1.165, 1.54) is 0 Å². The van der Waals surface area contributed by atoms with Gasteiger partial charge in [-0.1, -0.05) is 30.3 Å². The molecule has 0 saturated heterocycles. The molecule has 8 heteroatoms. The second-order valence-electron chi connectivity index (χ2n) is 4.95. The number of fused-ring (bicyclic) bond motifs is 1. The zero-order valence-electron chi connectivity index (χ0n) is 12.3. The molecule has 4 aromatic rings. The van der Waals surface area contributed by atoms with E-state index in [4.69, 9.17) is 4.42 Å². The third-order valence-corrected chi connectivity index (χ3v) is 3.28. The van der Waals surface area contributed by atoms with E-state index < -0.39 is 0 Å². The van der Waals surface area contributed by atoms with Gasteiger partial charge in [-0.15, -0.1) is 25.5 Å². The quantitative estimate of drug-likeness (QED) is 0.617. The van der Waals surface area contributed by atoms with Crippen LogP contribution in [0.2, 0.25) is 0 Å². The Morgan fingerprint density at radius 1 is 1.00 bits per heavy atom. The second-order valence-corrected chi connectivity index (χ2v) is 4.95. The zero-order valence-corrected chi connectivity index (χ0v) is 12.3. The summed E-state index contributed by atoms with van der Waals surface area (Å²) in [5, 5.41) is 23.8. The van der Waals surface area contributed by atoms with Crippen LogP contribution in [0.1, 0.15) is 11.8 Å². The summed E-state index contributed by atoms with van der Waals surface area (Å²) >= 11 is 0. The van der Waals surface area contributed by atoms with Gasteiger partial charge in [0.1, 0.15) is 5.82 Å². The lowest BCUT2D eigenvalue weighted by atomic mass is 10.2. The van der Waals surface area contributed by atoms with Crippen molar-refractivity contribution >= 4 is 11.5 Å². The van der Waals surface area contributed by atoms with Crippen molar-refractivity contribution in [1.29, 1.82) is 0 Å². The predicted molar refractivity (Wildman–Crippen MR) is 82.6 cm³/mol. The topological polar surface area (TPSA) is 94.0 Å². The van der Waals surface area contributed by atoms with E-state index in [-0.39, 0.29) is 0 Å². The first-order valence-corrected chi connectivity index (χ1v) is 7.10. The van der Waals surface area contributed by atoms with Crippen molar-refractivity contribution in [2.24, 2.45) is 0 Å². The fourth-order valence-electron chi connectivity index (χ4n) is 2.23. The lowest BCUT2D eigenvalue weighted by molar-refractivity contribution is 0.474. The van der Waals surface area contributed by atoms with Crippen LogP contribution in [0.4, 0.5) is 5.82 Å². The molecule has 0 aliphatic carbocycles. The summed E-state index contributed by atoms with van der Waals surface area (Å²) < 4.78 is 7.03. The molecule has 3 heterocycles. The normalized spacial score (nSPS) is 11.0. The maximum atomic E-state index is 5.33. The Labute approximate surface area is 131 Å². The number of aryl methyl sites for hydroxylation is 1. The molecule has 0 bridgehead atoms. The molecule has 114 valence electrons. The number of nitrogens with zero attached hydrogens (tertiary/aromatic N) is 6. The minimum Gasteiger partial charge on any atom is -0.424 e. The van der Waals surface area contributed by atoms with Gasteiger partial charge in [0.05, 0.1) is 6.54 Å². The van der Waals surface area contributed by atoms with Crippen LogP contribution in [0.3, 0.4) is 0 Å². The number of benzene rings is 1. The second kappa shape index (κ2) is 5.48. The van der Waals surface area contributed by atoms with Gasteiger partial charge in [-0.3, -0.25) is 0 Å². The van der Waals surface area contributed by atoms with E-state index in [9.17, 15) is 0 Å². The van der Waals surface area contributed by atoms with Gasteiger partial charge in [0.2, 0.25) is 11.8 Å². The molecule has 3 aromatic heterocycles. The molecule has 0 radical (unpaired) electrons. The highest BCUT2D eigenvalue weighted by molar-refractivity contribution is 5.59. The van der Waals surface area contributed by atoms with Gasteiger partial charge in [0.25, 0.3) is 0 Å². The van der Waals surface area contributed by atoms with Crippen molar-refractivity contribution in [3.8, 4) is 11.4 Å². The van der Waals surface area contributed by atoms with Crippen molar-refractivity contribution < 1.29 is 4.42 Å². The Balaban J connectivity index is 1.64. The first-order chi connectivity index (χ1) is 11.3. The van der Waals surface area contributed by atoms with Crippen LogP contribution in [-0.2, 0) is 6.54 Å². The molecule has 0 amide bonds. The average Bonchev–Trinajstić information content (AvgIpc) is 3.19. The molecule has 1 N–H and O–H groups in total. The summed E-state index contributed by atoms with van der Waals surface area (Å²) in [5.74, 6) is 2.41. The standard InChI is InChI=1S/C15H13N7O/c1-10-17-19-14(23-10)9-16-12-7-8-13-18-20-15(22(13)21-12)11-5-3-2-4-6-11/h2-8H,9H2,1H3,(H,16,21). The van der Waals surface area contributed by atoms with Crippen LogP contribution in [0.25, 0.3) is 17.0 Å². The van der Waals surface area contributed by atoms with Crippen LogP contribution < -0.4 is 5.32 Å². The molecule has 4 rings (SSSR count). The monoisotopic (exact) mass is 307 g/mol. The first-order valence-electron chi connectivity index (χ1n) is 7.10. The van der Waals surface area contributed by atoms with Crippen LogP contribution in [0.15, 0.2) is 46.9 Å². The number of nitrogens with one attached hydrogen (secondary N) is 1. The highest BCUT2D eigenvalue weighted by Crippen LogP contribution is 2.18. The molecule has 23 heavy (non-hydrogen) atoms. The molecule has 0 spiro atoms. The van der Waals surface area contributed by atoms with E-state index in [0.717, 1.165) is 5.56 Å². The van der Waals surface area contributed by atoms with Crippen molar-refractivity contribution in [2.75, 3.05) is 5.32 Å². The van der Waals surface area contributed by atoms with Gasteiger partial charge in [0.15, 0.2) is 11.5 Å².